The smallest absolute Gasteiger partial charge is 0.407 e. The lowest BCUT2D eigenvalue weighted by molar-refractivity contribution is -0.145. The van der Waals surface area contributed by atoms with Crippen LogP contribution in [0.1, 0.15) is 43.7 Å². The quantitative estimate of drug-likeness (QED) is 0.506. The fourth-order valence-electron chi connectivity index (χ4n) is 4.92. The lowest BCUT2D eigenvalue weighted by Gasteiger charge is -2.24. The van der Waals surface area contributed by atoms with E-state index in [9.17, 15) is 19.5 Å². The van der Waals surface area contributed by atoms with Crippen molar-refractivity contribution >= 4 is 18.0 Å². The first kappa shape index (κ1) is 24.7. The molecule has 0 spiro atoms. The monoisotopic (exact) mass is 480 g/mol. The Hall–Kier alpha value is -3.39. The summed E-state index contributed by atoms with van der Waals surface area (Å²) in [6.07, 6.45) is -0.158. The Morgan fingerprint density at radius 1 is 1.09 bits per heavy atom. The minimum absolute atomic E-state index is 0.0324. The van der Waals surface area contributed by atoms with Gasteiger partial charge in [0, 0.05) is 25.0 Å². The summed E-state index contributed by atoms with van der Waals surface area (Å²) >= 11 is 0. The van der Waals surface area contributed by atoms with Gasteiger partial charge in [-0.1, -0.05) is 68.8 Å². The number of nitrogens with one attached hydrogen (secondary N) is 2. The number of hydrogen-bond acceptors (Lipinski definition) is 5. The molecule has 2 amide bonds. The number of fused-ring (bicyclic) bond motifs is 3. The van der Waals surface area contributed by atoms with Crippen LogP contribution in [0, 0.1) is 11.8 Å². The van der Waals surface area contributed by atoms with Crippen molar-refractivity contribution in [3.05, 3.63) is 59.7 Å². The van der Waals surface area contributed by atoms with E-state index in [1.54, 1.807) is 6.92 Å². The highest BCUT2D eigenvalue weighted by Gasteiger charge is 2.37. The molecule has 1 aliphatic carbocycles. The van der Waals surface area contributed by atoms with Gasteiger partial charge in [0.1, 0.15) is 18.8 Å². The zero-order valence-corrected chi connectivity index (χ0v) is 20.0. The molecule has 2 aromatic rings. The maximum Gasteiger partial charge on any atom is 0.407 e. The molecule has 0 bridgehead atoms. The zero-order chi connectivity index (χ0) is 24.9. The molecule has 3 unspecified atom stereocenters. The molecule has 1 heterocycles. The second-order valence-electron chi connectivity index (χ2n) is 9.26. The summed E-state index contributed by atoms with van der Waals surface area (Å²) in [6, 6.07) is 15.3. The van der Waals surface area contributed by atoms with Crippen molar-refractivity contribution in [1.29, 1.82) is 0 Å². The van der Waals surface area contributed by atoms with Crippen molar-refractivity contribution < 1.29 is 29.0 Å². The molecule has 186 valence electrons. The van der Waals surface area contributed by atoms with Crippen LogP contribution in [0.3, 0.4) is 0 Å². The van der Waals surface area contributed by atoms with Crippen molar-refractivity contribution in [3.63, 3.8) is 0 Å². The van der Waals surface area contributed by atoms with Crippen LogP contribution in [0.4, 0.5) is 4.79 Å². The van der Waals surface area contributed by atoms with Crippen LogP contribution >= 0.6 is 0 Å². The molecule has 1 fully saturated rings. The zero-order valence-electron chi connectivity index (χ0n) is 20.0. The van der Waals surface area contributed by atoms with E-state index in [1.165, 1.54) is 0 Å². The standard InChI is InChI=1S/C27H32N2O6/c1-3-16(2)23(26(31)32)29-25(30)24-17(12-13-34-24)14-28-27(33)35-15-22-20-10-6-4-8-18(20)19-9-5-7-11-21(19)22/h4-11,16-17,22-24H,3,12-15H2,1-2H3,(H,28,33)(H,29,30)(H,31,32)/t16?,17?,23-,24?/m0/s1. The number of hydrogen-bond donors (Lipinski definition) is 3. The number of alkyl carbamates (subject to hydrolysis) is 1. The molecule has 0 saturated carbocycles. The maximum atomic E-state index is 12.7. The molecule has 4 atom stereocenters. The fourth-order valence-corrected chi connectivity index (χ4v) is 4.92. The number of aliphatic carboxylic acids is 1. The minimum Gasteiger partial charge on any atom is -0.480 e. The van der Waals surface area contributed by atoms with Crippen LogP contribution < -0.4 is 10.6 Å². The van der Waals surface area contributed by atoms with Gasteiger partial charge in [0.05, 0.1) is 0 Å². The molecule has 8 nitrogen and oxygen atoms in total. The van der Waals surface area contributed by atoms with E-state index >= 15 is 0 Å². The van der Waals surface area contributed by atoms with Crippen LogP contribution in [-0.2, 0) is 19.1 Å². The molecule has 4 rings (SSSR count). The van der Waals surface area contributed by atoms with Crippen molar-refractivity contribution in [1.82, 2.24) is 10.6 Å². The summed E-state index contributed by atoms with van der Waals surface area (Å²) in [6.45, 7) is 4.44. The van der Waals surface area contributed by atoms with Crippen molar-refractivity contribution in [2.45, 2.75) is 44.8 Å². The highest BCUT2D eigenvalue weighted by atomic mass is 16.5. The highest BCUT2D eigenvalue weighted by molar-refractivity contribution is 5.87. The predicted octanol–water partition coefficient (Wildman–Crippen LogP) is 3.55. The van der Waals surface area contributed by atoms with E-state index in [0.717, 1.165) is 22.3 Å². The van der Waals surface area contributed by atoms with Gasteiger partial charge in [-0.05, 0) is 34.6 Å². The summed E-state index contributed by atoms with van der Waals surface area (Å²) in [4.78, 5) is 36.8. The van der Waals surface area contributed by atoms with Gasteiger partial charge in [-0.2, -0.15) is 0 Å². The molecule has 2 aliphatic rings. The molecule has 1 saturated heterocycles. The summed E-state index contributed by atoms with van der Waals surface area (Å²) in [5, 5.41) is 14.8. The molecule has 35 heavy (non-hydrogen) atoms. The van der Waals surface area contributed by atoms with Crippen molar-refractivity contribution in [3.8, 4) is 11.1 Å². The Morgan fingerprint density at radius 3 is 2.31 bits per heavy atom. The Kier molecular flexibility index (Phi) is 7.70. The molecular weight excluding hydrogens is 448 g/mol. The van der Waals surface area contributed by atoms with Gasteiger partial charge >= 0.3 is 12.1 Å². The summed E-state index contributed by atoms with van der Waals surface area (Å²) < 4.78 is 11.1. The largest absolute Gasteiger partial charge is 0.480 e. The van der Waals surface area contributed by atoms with Gasteiger partial charge < -0.3 is 25.2 Å². The van der Waals surface area contributed by atoms with Gasteiger partial charge in [0.2, 0.25) is 5.91 Å². The van der Waals surface area contributed by atoms with Crippen LogP contribution in [0.5, 0.6) is 0 Å². The van der Waals surface area contributed by atoms with Crippen molar-refractivity contribution in [2.75, 3.05) is 19.8 Å². The van der Waals surface area contributed by atoms with E-state index in [0.29, 0.717) is 19.4 Å². The predicted molar refractivity (Wildman–Crippen MR) is 130 cm³/mol. The highest BCUT2D eigenvalue weighted by Crippen LogP contribution is 2.44. The Balaban J connectivity index is 1.31. The van der Waals surface area contributed by atoms with Gasteiger partial charge in [0.15, 0.2) is 0 Å². The average molecular weight is 481 g/mol. The number of carboxylic acid groups (broad SMARTS) is 1. The minimum atomic E-state index is -1.07. The van der Waals surface area contributed by atoms with Crippen LogP contribution in [0.2, 0.25) is 0 Å². The second kappa shape index (κ2) is 10.9. The third kappa shape index (κ3) is 5.32. The van der Waals surface area contributed by atoms with E-state index in [4.69, 9.17) is 9.47 Å². The number of carbonyl (C=O) groups excluding carboxylic acids is 2. The number of ether oxygens (including phenoxy) is 2. The molecule has 2 aromatic carbocycles. The molecule has 0 radical (unpaired) electrons. The topological polar surface area (TPSA) is 114 Å². The fraction of sp³-hybridized carbons (Fsp3) is 0.444. The number of benzene rings is 2. The maximum absolute atomic E-state index is 12.7. The van der Waals surface area contributed by atoms with Gasteiger partial charge in [-0.25, -0.2) is 9.59 Å². The van der Waals surface area contributed by atoms with Gasteiger partial charge in [-0.3, -0.25) is 4.79 Å². The van der Waals surface area contributed by atoms with Crippen LogP contribution in [0.15, 0.2) is 48.5 Å². The SMILES string of the molecule is CCC(C)[C@H](NC(=O)C1OCCC1CNC(=O)OCC1c2ccccc2-c2ccccc21)C(=O)O. The molecule has 3 N–H and O–H groups in total. The van der Waals surface area contributed by atoms with Crippen LogP contribution in [-0.4, -0.2) is 55.0 Å². The van der Waals surface area contributed by atoms with Crippen molar-refractivity contribution in [2.24, 2.45) is 11.8 Å². The van der Waals surface area contributed by atoms with Crippen LogP contribution in [0.25, 0.3) is 11.1 Å². The number of amides is 2. The number of rotatable bonds is 9. The third-order valence-corrected chi connectivity index (χ3v) is 7.10. The lowest BCUT2D eigenvalue weighted by Crippen LogP contribution is -2.50. The van der Waals surface area contributed by atoms with E-state index in [-0.39, 0.29) is 30.9 Å². The molecule has 0 aromatic heterocycles. The average Bonchev–Trinajstić information content (AvgIpc) is 3.47. The summed E-state index contributed by atoms with van der Waals surface area (Å²) in [7, 11) is 0. The van der Waals surface area contributed by atoms with E-state index < -0.39 is 30.1 Å². The summed E-state index contributed by atoms with van der Waals surface area (Å²) in [5.41, 5.74) is 4.59. The Labute approximate surface area is 205 Å². The first-order chi connectivity index (χ1) is 16.9. The van der Waals surface area contributed by atoms with E-state index in [2.05, 4.69) is 34.9 Å². The van der Waals surface area contributed by atoms with E-state index in [1.807, 2.05) is 31.2 Å². The first-order valence-electron chi connectivity index (χ1n) is 12.1. The summed E-state index contributed by atoms with van der Waals surface area (Å²) in [5.74, 6) is -2.04. The Morgan fingerprint density at radius 2 is 1.71 bits per heavy atom. The molecular formula is C27H32N2O6. The number of carbonyl (C=O) groups is 3. The molecule has 8 heteroatoms. The normalized spacial score (nSPS) is 20.4. The third-order valence-electron chi connectivity index (χ3n) is 7.10. The van der Waals surface area contributed by atoms with Gasteiger partial charge in [-0.15, -0.1) is 0 Å². The second-order valence-corrected chi connectivity index (χ2v) is 9.26. The lowest BCUT2D eigenvalue weighted by atomic mass is 9.97. The molecule has 1 aliphatic heterocycles. The van der Waals surface area contributed by atoms with Gasteiger partial charge in [0.25, 0.3) is 0 Å². The first-order valence-corrected chi connectivity index (χ1v) is 12.1. The Bertz CT molecular complexity index is 1040. The number of carboxylic acids is 1.